The van der Waals surface area contributed by atoms with E-state index in [-0.39, 0.29) is 10.8 Å². The summed E-state index contributed by atoms with van der Waals surface area (Å²) >= 11 is 10.7. The Morgan fingerprint density at radius 2 is 2.12 bits per heavy atom. The van der Waals surface area contributed by atoms with Gasteiger partial charge in [0.25, 0.3) is 0 Å². The van der Waals surface area contributed by atoms with Crippen molar-refractivity contribution in [2.24, 2.45) is 0 Å². The van der Waals surface area contributed by atoms with Crippen molar-refractivity contribution in [2.75, 3.05) is 0 Å². The van der Waals surface area contributed by atoms with Gasteiger partial charge in [0, 0.05) is 4.88 Å². The minimum atomic E-state index is -0.442. The predicted octanol–water partition coefficient (Wildman–Crippen LogP) is 4.88. The highest BCUT2D eigenvalue weighted by Crippen LogP contribution is 2.29. The van der Waals surface area contributed by atoms with E-state index in [1.54, 1.807) is 23.5 Å². The van der Waals surface area contributed by atoms with Crippen molar-refractivity contribution in [1.82, 2.24) is 0 Å². The predicted molar refractivity (Wildman–Crippen MR) is 67.8 cm³/mol. The van der Waals surface area contributed by atoms with Gasteiger partial charge in [-0.3, -0.25) is 0 Å². The fraction of sp³-hybridized carbons (Fsp3) is 0.0909. The molecule has 2 aromatic rings. The molecule has 0 aliphatic heterocycles. The number of benzene rings is 1. The Balaban J connectivity index is 2.10. The van der Waals surface area contributed by atoms with Crippen molar-refractivity contribution < 1.29 is 9.13 Å². The van der Waals surface area contributed by atoms with E-state index >= 15 is 0 Å². The molecule has 0 aliphatic rings. The fourth-order valence-electron chi connectivity index (χ4n) is 1.19. The topological polar surface area (TPSA) is 9.23 Å². The molecule has 0 saturated heterocycles. The van der Waals surface area contributed by atoms with Gasteiger partial charge in [-0.1, -0.05) is 17.7 Å². The SMILES string of the molecule is Fc1cccc(Cl)c1OCc1ccc(Br)s1. The van der Waals surface area contributed by atoms with E-state index in [9.17, 15) is 4.39 Å². The Morgan fingerprint density at radius 3 is 2.75 bits per heavy atom. The Hall–Kier alpha value is -0.580. The number of hydrogen-bond acceptors (Lipinski definition) is 2. The highest BCUT2D eigenvalue weighted by Gasteiger charge is 2.08. The first-order valence-corrected chi connectivity index (χ1v) is 6.46. The van der Waals surface area contributed by atoms with Crippen LogP contribution in [0.3, 0.4) is 0 Å². The molecule has 0 fully saturated rings. The second-order valence-electron chi connectivity index (χ2n) is 3.05. The van der Waals surface area contributed by atoms with Gasteiger partial charge in [-0.05, 0) is 40.2 Å². The molecule has 0 radical (unpaired) electrons. The molecule has 1 nitrogen and oxygen atoms in total. The number of rotatable bonds is 3. The molecular weight excluding hydrogens is 315 g/mol. The molecule has 84 valence electrons. The Morgan fingerprint density at radius 1 is 1.31 bits per heavy atom. The van der Waals surface area contributed by atoms with Crippen LogP contribution >= 0.6 is 38.9 Å². The van der Waals surface area contributed by atoms with E-state index in [2.05, 4.69) is 15.9 Å². The summed E-state index contributed by atoms with van der Waals surface area (Å²) in [7, 11) is 0. The summed E-state index contributed by atoms with van der Waals surface area (Å²) in [5.74, 6) is -0.336. The monoisotopic (exact) mass is 320 g/mol. The third kappa shape index (κ3) is 2.75. The molecule has 0 atom stereocenters. The summed E-state index contributed by atoms with van der Waals surface area (Å²) < 4.78 is 19.7. The lowest BCUT2D eigenvalue weighted by Crippen LogP contribution is -1.95. The van der Waals surface area contributed by atoms with Crippen molar-refractivity contribution in [2.45, 2.75) is 6.61 Å². The Bertz CT molecular complexity index is 480. The zero-order valence-corrected chi connectivity index (χ0v) is 11.2. The molecule has 0 aliphatic carbocycles. The van der Waals surface area contributed by atoms with E-state index in [1.165, 1.54) is 6.07 Å². The number of thiophene rings is 1. The maximum Gasteiger partial charge on any atom is 0.174 e. The molecule has 16 heavy (non-hydrogen) atoms. The number of halogens is 3. The molecule has 0 N–H and O–H groups in total. The molecule has 0 bridgehead atoms. The van der Waals surface area contributed by atoms with Gasteiger partial charge in [0.15, 0.2) is 11.6 Å². The van der Waals surface area contributed by atoms with E-state index in [4.69, 9.17) is 16.3 Å². The smallest absolute Gasteiger partial charge is 0.174 e. The normalized spacial score (nSPS) is 10.4. The number of para-hydroxylation sites is 1. The first-order chi connectivity index (χ1) is 7.66. The summed E-state index contributed by atoms with van der Waals surface area (Å²) in [6.07, 6.45) is 0. The Kier molecular flexibility index (Phi) is 3.84. The van der Waals surface area contributed by atoms with Crippen molar-refractivity contribution in [1.29, 1.82) is 0 Å². The first-order valence-electron chi connectivity index (χ1n) is 4.48. The lowest BCUT2D eigenvalue weighted by molar-refractivity contribution is 0.294. The van der Waals surface area contributed by atoms with Crippen LogP contribution in [-0.4, -0.2) is 0 Å². The van der Waals surface area contributed by atoms with Crippen molar-refractivity contribution in [3.8, 4) is 5.75 Å². The molecule has 0 unspecified atom stereocenters. The Labute approximate surface area is 110 Å². The van der Waals surface area contributed by atoms with Crippen LogP contribution in [0.15, 0.2) is 34.1 Å². The maximum atomic E-state index is 13.3. The van der Waals surface area contributed by atoms with Crippen LogP contribution in [0, 0.1) is 5.82 Å². The van der Waals surface area contributed by atoms with Crippen LogP contribution in [0.1, 0.15) is 4.88 Å². The summed E-state index contributed by atoms with van der Waals surface area (Å²) in [5, 5.41) is 0.288. The van der Waals surface area contributed by atoms with Gasteiger partial charge >= 0.3 is 0 Å². The third-order valence-corrected chi connectivity index (χ3v) is 3.80. The van der Waals surface area contributed by atoms with Crippen LogP contribution in [-0.2, 0) is 6.61 Å². The molecule has 0 amide bonds. The van der Waals surface area contributed by atoms with Crippen molar-refractivity contribution in [3.05, 3.63) is 49.8 Å². The summed E-state index contributed by atoms with van der Waals surface area (Å²) in [6.45, 7) is 0.316. The average Bonchev–Trinajstić information content (AvgIpc) is 2.63. The number of ether oxygens (including phenoxy) is 1. The lowest BCUT2D eigenvalue weighted by atomic mass is 10.3. The molecule has 0 spiro atoms. The zero-order valence-electron chi connectivity index (χ0n) is 8.04. The maximum absolute atomic E-state index is 13.3. The quantitative estimate of drug-likeness (QED) is 0.782. The number of hydrogen-bond donors (Lipinski definition) is 0. The largest absolute Gasteiger partial charge is 0.483 e. The summed E-state index contributed by atoms with van der Waals surface area (Å²) in [5.41, 5.74) is 0. The molecule has 2 rings (SSSR count). The van der Waals surface area contributed by atoms with E-state index < -0.39 is 5.82 Å². The van der Waals surface area contributed by atoms with E-state index in [0.29, 0.717) is 6.61 Å². The molecule has 5 heteroatoms. The van der Waals surface area contributed by atoms with Crippen LogP contribution in [0.25, 0.3) is 0 Å². The van der Waals surface area contributed by atoms with Gasteiger partial charge in [-0.25, -0.2) is 4.39 Å². The molecule has 1 aromatic carbocycles. The van der Waals surface area contributed by atoms with Gasteiger partial charge in [-0.2, -0.15) is 0 Å². The average molecular weight is 322 g/mol. The van der Waals surface area contributed by atoms with Crippen molar-refractivity contribution in [3.63, 3.8) is 0 Å². The fourth-order valence-corrected chi connectivity index (χ4v) is 2.81. The highest BCUT2D eigenvalue weighted by atomic mass is 79.9. The van der Waals surface area contributed by atoms with Gasteiger partial charge in [0.1, 0.15) is 6.61 Å². The second-order valence-corrected chi connectivity index (χ2v) is 6.00. The van der Waals surface area contributed by atoms with Gasteiger partial charge < -0.3 is 4.74 Å². The molecule has 1 heterocycles. The van der Waals surface area contributed by atoms with Crippen LogP contribution in [0.2, 0.25) is 5.02 Å². The van der Waals surface area contributed by atoms with E-state index in [1.807, 2.05) is 12.1 Å². The van der Waals surface area contributed by atoms with E-state index in [0.717, 1.165) is 8.66 Å². The highest BCUT2D eigenvalue weighted by molar-refractivity contribution is 9.11. The van der Waals surface area contributed by atoms with Crippen LogP contribution in [0.5, 0.6) is 5.75 Å². The second kappa shape index (κ2) is 5.17. The summed E-state index contributed by atoms with van der Waals surface area (Å²) in [4.78, 5) is 1.01. The van der Waals surface area contributed by atoms with Crippen LogP contribution in [0.4, 0.5) is 4.39 Å². The van der Waals surface area contributed by atoms with Crippen LogP contribution < -0.4 is 4.74 Å². The lowest BCUT2D eigenvalue weighted by Gasteiger charge is -2.07. The molecule has 1 aromatic heterocycles. The van der Waals surface area contributed by atoms with Gasteiger partial charge in [-0.15, -0.1) is 11.3 Å². The minimum absolute atomic E-state index is 0.105. The van der Waals surface area contributed by atoms with Gasteiger partial charge in [0.05, 0.1) is 8.81 Å². The third-order valence-electron chi connectivity index (χ3n) is 1.91. The molecule has 0 saturated carbocycles. The molecular formula is C11H7BrClFOS. The standard InChI is InChI=1S/C11H7BrClFOS/c12-10-5-4-7(16-10)6-15-11-8(13)2-1-3-9(11)14/h1-5H,6H2. The minimum Gasteiger partial charge on any atom is -0.483 e. The van der Waals surface area contributed by atoms with Gasteiger partial charge in [0.2, 0.25) is 0 Å². The summed E-state index contributed by atoms with van der Waals surface area (Å²) in [6, 6.07) is 8.32. The first kappa shape index (κ1) is 11.9. The zero-order chi connectivity index (χ0) is 11.5. The van der Waals surface area contributed by atoms with Crippen molar-refractivity contribution >= 4 is 38.9 Å².